The van der Waals surface area contributed by atoms with Crippen molar-refractivity contribution in [2.75, 3.05) is 18.4 Å². The van der Waals surface area contributed by atoms with Crippen molar-refractivity contribution >= 4 is 44.2 Å². The summed E-state index contributed by atoms with van der Waals surface area (Å²) < 4.78 is 0.923. The molecule has 1 aliphatic rings. The molecule has 0 unspecified atom stereocenters. The molecule has 0 spiro atoms. The monoisotopic (exact) mass is 408 g/mol. The van der Waals surface area contributed by atoms with Crippen LogP contribution in [0.2, 0.25) is 0 Å². The Morgan fingerprint density at radius 2 is 2.12 bits per heavy atom. The van der Waals surface area contributed by atoms with Crippen LogP contribution in [0.25, 0.3) is 0 Å². The van der Waals surface area contributed by atoms with Crippen LogP contribution < -0.4 is 11.1 Å². The van der Waals surface area contributed by atoms with E-state index in [0.29, 0.717) is 10.7 Å². The molecule has 2 aromatic rings. The van der Waals surface area contributed by atoms with Gasteiger partial charge < -0.3 is 5.73 Å². The molecule has 126 valence electrons. The maximum absolute atomic E-state index is 12.2. The number of benzene rings is 1. The standard InChI is InChI=1S/C16H17BrN4O2S/c17-11-5-3-10(4-6-11)15(23)20-16-19-12(9-24-16)13-2-1-7-21(13)8-14(18)22/h3-6,9,13H,1-2,7-8H2,(H2,18,22)(H,19,20,23)/t13-/m0/s1. The van der Waals surface area contributed by atoms with Gasteiger partial charge in [-0.05, 0) is 43.7 Å². The predicted molar refractivity (Wildman–Crippen MR) is 97.0 cm³/mol. The van der Waals surface area contributed by atoms with Crippen molar-refractivity contribution in [2.24, 2.45) is 5.73 Å². The molecular formula is C16H17BrN4O2S. The number of aromatic nitrogens is 1. The Balaban J connectivity index is 1.68. The van der Waals surface area contributed by atoms with E-state index >= 15 is 0 Å². The highest BCUT2D eigenvalue weighted by molar-refractivity contribution is 9.10. The molecule has 24 heavy (non-hydrogen) atoms. The van der Waals surface area contributed by atoms with E-state index in [0.717, 1.165) is 29.6 Å². The zero-order valence-electron chi connectivity index (χ0n) is 12.9. The molecule has 0 radical (unpaired) electrons. The van der Waals surface area contributed by atoms with Gasteiger partial charge in [-0.25, -0.2) is 4.98 Å². The predicted octanol–water partition coefficient (Wildman–Crippen LogP) is 2.78. The third-order valence-electron chi connectivity index (χ3n) is 3.91. The van der Waals surface area contributed by atoms with E-state index in [-0.39, 0.29) is 24.4 Å². The molecule has 1 aromatic heterocycles. The number of rotatable bonds is 5. The smallest absolute Gasteiger partial charge is 0.257 e. The lowest BCUT2D eigenvalue weighted by atomic mass is 10.2. The first-order valence-electron chi connectivity index (χ1n) is 7.57. The molecule has 3 rings (SSSR count). The Hall–Kier alpha value is -1.77. The normalized spacial score (nSPS) is 17.8. The van der Waals surface area contributed by atoms with Crippen molar-refractivity contribution in [3.8, 4) is 0 Å². The van der Waals surface area contributed by atoms with Gasteiger partial charge >= 0.3 is 0 Å². The van der Waals surface area contributed by atoms with Crippen LogP contribution in [-0.4, -0.2) is 34.8 Å². The molecule has 0 bridgehead atoms. The molecule has 3 N–H and O–H groups in total. The van der Waals surface area contributed by atoms with Gasteiger partial charge in [0.05, 0.1) is 18.3 Å². The van der Waals surface area contributed by atoms with Gasteiger partial charge in [-0.2, -0.15) is 0 Å². The van der Waals surface area contributed by atoms with Gasteiger partial charge in [0.2, 0.25) is 5.91 Å². The average Bonchev–Trinajstić information content (AvgIpc) is 3.16. The molecule has 8 heteroatoms. The van der Waals surface area contributed by atoms with E-state index in [1.165, 1.54) is 11.3 Å². The fraction of sp³-hybridized carbons (Fsp3) is 0.312. The van der Waals surface area contributed by atoms with Crippen LogP contribution >= 0.6 is 27.3 Å². The van der Waals surface area contributed by atoms with Gasteiger partial charge in [0, 0.05) is 15.4 Å². The van der Waals surface area contributed by atoms with Crippen LogP contribution in [-0.2, 0) is 4.79 Å². The number of carbonyl (C=O) groups is 2. The summed E-state index contributed by atoms with van der Waals surface area (Å²) in [5.74, 6) is -0.523. The van der Waals surface area contributed by atoms with Crippen LogP contribution in [0.15, 0.2) is 34.1 Å². The van der Waals surface area contributed by atoms with Crippen LogP contribution in [0.4, 0.5) is 5.13 Å². The third kappa shape index (κ3) is 4.00. The minimum absolute atomic E-state index is 0.0899. The highest BCUT2D eigenvalue weighted by Gasteiger charge is 2.29. The number of nitrogens with zero attached hydrogens (tertiary/aromatic N) is 2. The Bertz CT molecular complexity index is 747. The number of primary amides is 1. The summed E-state index contributed by atoms with van der Waals surface area (Å²) >= 11 is 4.73. The first-order valence-corrected chi connectivity index (χ1v) is 9.25. The topological polar surface area (TPSA) is 88.3 Å². The first kappa shape index (κ1) is 17.1. The molecule has 1 aromatic carbocycles. The molecule has 1 aliphatic heterocycles. The van der Waals surface area contributed by atoms with E-state index in [1.54, 1.807) is 12.1 Å². The fourth-order valence-corrected chi connectivity index (χ4v) is 3.83. The number of halogens is 1. The molecule has 2 amide bonds. The zero-order valence-corrected chi connectivity index (χ0v) is 15.3. The quantitative estimate of drug-likeness (QED) is 0.795. The number of nitrogens with one attached hydrogen (secondary N) is 1. The minimum Gasteiger partial charge on any atom is -0.369 e. The van der Waals surface area contributed by atoms with E-state index in [9.17, 15) is 9.59 Å². The molecule has 1 atom stereocenters. The molecule has 2 heterocycles. The van der Waals surface area contributed by atoms with Gasteiger partial charge in [-0.3, -0.25) is 19.8 Å². The molecule has 0 aliphatic carbocycles. The van der Waals surface area contributed by atoms with Crippen LogP contribution in [0.1, 0.15) is 34.9 Å². The summed E-state index contributed by atoms with van der Waals surface area (Å²) in [5.41, 5.74) is 6.75. The number of nitrogens with two attached hydrogens (primary N) is 1. The number of thiazole rings is 1. The number of anilines is 1. The van der Waals surface area contributed by atoms with Crippen LogP contribution in [0, 0.1) is 0 Å². The number of hydrogen-bond acceptors (Lipinski definition) is 5. The molecule has 1 fully saturated rings. The van der Waals surface area contributed by atoms with Gasteiger partial charge in [-0.15, -0.1) is 11.3 Å². The van der Waals surface area contributed by atoms with Crippen LogP contribution in [0.3, 0.4) is 0 Å². The Kier molecular flexibility index (Phi) is 5.27. The van der Waals surface area contributed by atoms with Crippen molar-refractivity contribution in [3.63, 3.8) is 0 Å². The zero-order chi connectivity index (χ0) is 17.1. The number of amides is 2. The van der Waals surface area contributed by atoms with E-state index in [1.807, 2.05) is 22.4 Å². The van der Waals surface area contributed by atoms with E-state index in [4.69, 9.17) is 5.73 Å². The van der Waals surface area contributed by atoms with Crippen molar-refractivity contribution in [1.82, 2.24) is 9.88 Å². The molecule has 0 saturated carbocycles. The third-order valence-corrected chi connectivity index (χ3v) is 5.22. The minimum atomic E-state index is -0.333. The molecule has 6 nitrogen and oxygen atoms in total. The van der Waals surface area contributed by atoms with E-state index in [2.05, 4.69) is 26.2 Å². The Morgan fingerprint density at radius 1 is 1.38 bits per heavy atom. The summed E-state index contributed by atoms with van der Waals surface area (Å²) in [6.45, 7) is 1.08. The lowest BCUT2D eigenvalue weighted by Gasteiger charge is -2.21. The number of carbonyl (C=O) groups excluding carboxylic acids is 2. The molecule has 1 saturated heterocycles. The second-order valence-electron chi connectivity index (χ2n) is 5.63. The highest BCUT2D eigenvalue weighted by atomic mass is 79.9. The van der Waals surface area contributed by atoms with Gasteiger partial charge in [0.15, 0.2) is 5.13 Å². The Labute approximate surface area is 152 Å². The van der Waals surface area contributed by atoms with Crippen molar-refractivity contribution in [2.45, 2.75) is 18.9 Å². The number of hydrogen-bond donors (Lipinski definition) is 2. The summed E-state index contributed by atoms with van der Waals surface area (Å²) in [6, 6.07) is 7.23. The van der Waals surface area contributed by atoms with Crippen LogP contribution in [0.5, 0.6) is 0 Å². The lowest BCUT2D eigenvalue weighted by molar-refractivity contribution is -0.119. The summed E-state index contributed by atoms with van der Waals surface area (Å²) in [4.78, 5) is 30.0. The maximum Gasteiger partial charge on any atom is 0.257 e. The van der Waals surface area contributed by atoms with Gasteiger partial charge in [-0.1, -0.05) is 15.9 Å². The average molecular weight is 409 g/mol. The summed E-state index contributed by atoms with van der Waals surface area (Å²) in [5, 5.41) is 5.31. The van der Waals surface area contributed by atoms with Gasteiger partial charge in [0.1, 0.15) is 0 Å². The second kappa shape index (κ2) is 7.42. The van der Waals surface area contributed by atoms with E-state index < -0.39 is 0 Å². The SMILES string of the molecule is NC(=O)CN1CCC[C@H]1c1csc(NC(=O)c2ccc(Br)cc2)n1. The Morgan fingerprint density at radius 3 is 2.83 bits per heavy atom. The fourth-order valence-electron chi connectivity index (χ4n) is 2.82. The summed E-state index contributed by atoms with van der Waals surface area (Å²) in [7, 11) is 0. The number of likely N-dealkylation sites (tertiary alicyclic amines) is 1. The molecular weight excluding hydrogens is 392 g/mol. The maximum atomic E-state index is 12.2. The van der Waals surface area contributed by atoms with Crippen molar-refractivity contribution in [3.05, 3.63) is 45.4 Å². The van der Waals surface area contributed by atoms with Crippen molar-refractivity contribution < 1.29 is 9.59 Å². The summed E-state index contributed by atoms with van der Waals surface area (Å²) in [6.07, 6.45) is 1.95. The largest absolute Gasteiger partial charge is 0.369 e. The second-order valence-corrected chi connectivity index (χ2v) is 7.41. The lowest BCUT2D eigenvalue weighted by Crippen LogP contribution is -2.33. The van der Waals surface area contributed by atoms with Gasteiger partial charge in [0.25, 0.3) is 5.91 Å². The highest BCUT2D eigenvalue weighted by Crippen LogP contribution is 2.33. The van der Waals surface area contributed by atoms with Crippen molar-refractivity contribution in [1.29, 1.82) is 0 Å². The first-order chi connectivity index (χ1) is 11.5.